The lowest BCUT2D eigenvalue weighted by Crippen LogP contribution is -2.15. The number of aromatic nitrogens is 1. The van der Waals surface area contributed by atoms with Gasteiger partial charge in [-0.1, -0.05) is 12.1 Å². The summed E-state index contributed by atoms with van der Waals surface area (Å²) in [6, 6.07) is 8.66. The number of anilines is 1. The fourth-order valence-corrected chi connectivity index (χ4v) is 3.54. The van der Waals surface area contributed by atoms with Crippen LogP contribution in [0.4, 0.5) is 5.69 Å². The van der Waals surface area contributed by atoms with Gasteiger partial charge in [0.25, 0.3) is 10.0 Å². The molecule has 100 valence electrons. The number of sulfonamides is 1. The summed E-state index contributed by atoms with van der Waals surface area (Å²) >= 11 is 3.22. The van der Waals surface area contributed by atoms with Crippen LogP contribution < -0.4 is 4.72 Å². The van der Waals surface area contributed by atoms with Crippen LogP contribution in [0, 0.1) is 13.8 Å². The molecule has 1 aromatic heterocycles. The first-order valence-electron chi connectivity index (χ1n) is 5.61. The molecule has 0 atom stereocenters. The molecule has 0 unspecified atom stereocenters. The van der Waals surface area contributed by atoms with E-state index >= 15 is 0 Å². The maximum Gasteiger partial charge on any atom is 0.262 e. The van der Waals surface area contributed by atoms with Gasteiger partial charge < -0.3 is 0 Å². The van der Waals surface area contributed by atoms with E-state index < -0.39 is 10.0 Å². The summed E-state index contributed by atoms with van der Waals surface area (Å²) in [5, 5.41) is 0. The Labute approximate surface area is 121 Å². The lowest BCUT2D eigenvalue weighted by atomic mass is 10.2. The van der Waals surface area contributed by atoms with Gasteiger partial charge in [0.1, 0.15) is 4.60 Å². The summed E-state index contributed by atoms with van der Waals surface area (Å²) in [6.07, 6.45) is 1.58. The molecule has 6 heteroatoms. The van der Waals surface area contributed by atoms with Crippen molar-refractivity contribution in [2.45, 2.75) is 18.7 Å². The summed E-state index contributed by atoms with van der Waals surface area (Å²) in [5.74, 6) is 0. The van der Waals surface area contributed by atoms with Crippen LogP contribution in [0.15, 0.2) is 46.0 Å². The van der Waals surface area contributed by atoms with Crippen LogP contribution in [0.25, 0.3) is 0 Å². The minimum absolute atomic E-state index is 0.281. The van der Waals surface area contributed by atoms with Crippen LogP contribution in [0.5, 0.6) is 0 Å². The van der Waals surface area contributed by atoms with Crippen LogP contribution in [-0.2, 0) is 10.0 Å². The van der Waals surface area contributed by atoms with E-state index in [1.807, 2.05) is 13.0 Å². The predicted molar refractivity (Wildman–Crippen MR) is 78.7 cm³/mol. The summed E-state index contributed by atoms with van der Waals surface area (Å²) in [5.41, 5.74) is 2.03. The zero-order valence-corrected chi connectivity index (χ0v) is 12.9. The van der Waals surface area contributed by atoms with Gasteiger partial charge in [-0.25, -0.2) is 13.4 Å². The smallest absolute Gasteiger partial charge is 0.262 e. The molecule has 0 fully saturated rings. The third kappa shape index (κ3) is 3.13. The van der Waals surface area contributed by atoms with E-state index in [1.54, 1.807) is 37.4 Å². The van der Waals surface area contributed by atoms with Gasteiger partial charge in [-0.15, -0.1) is 0 Å². The molecule has 0 spiro atoms. The van der Waals surface area contributed by atoms with E-state index in [4.69, 9.17) is 0 Å². The lowest BCUT2D eigenvalue weighted by molar-refractivity contribution is 0.600. The van der Waals surface area contributed by atoms with Crippen molar-refractivity contribution in [2.75, 3.05) is 4.72 Å². The van der Waals surface area contributed by atoms with Gasteiger partial charge in [-0.3, -0.25) is 4.72 Å². The van der Waals surface area contributed by atoms with Gasteiger partial charge in [-0.05, 0) is 59.1 Å². The van der Waals surface area contributed by atoms with Gasteiger partial charge >= 0.3 is 0 Å². The maximum absolute atomic E-state index is 12.4. The van der Waals surface area contributed by atoms with E-state index in [2.05, 4.69) is 25.6 Å². The van der Waals surface area contributed by atoms with E-state index in [1.165, 1.54) is 0 Å². The Morgan fingerprint density at radius 2 is 1.95 bits per heavy atom. The number of rotatable bonds is 3. The first kappa shape index (κ1) is 14.0. The highest BCUT2D eigenvalue weighted by atomic mass is 79.9. The average molecular weight is 341 g/mol. The van der Waals surface area contributed by atoms with Crippen LogP contribution >= 0.6 is 15.9 Å². The van der Waals surface area contributed by atoms with Crippen molar-refractivity contribution in [3.8, 4) is 0 Å². The second-order valence-corrected chi connectivity index (χ2v) is 6.62. The van der Waals surface area contributed by atoms with Gasteiger partial charge in [0, 0.05) is 6.20 Å². The Bertz CT molecular complexity index is 714. The molecule has 0 saturated carbocycles. The molecular formula is C13H13BrN2O2S. The Kier molecular flexibility index (Phi) is 3.91. The van der Waals surface area contributed by atoms with E-state index in [9.17, 15) is 8.42 Å². The normalized spacial score (nSPS) is 11.3. The van der Waals surface area contributed by atoms with Crippen LogP contribution in [0.1, 0.15) is 11.1 Å². The molecule has 4 nitrogen and oxygen atoms in total. The summed E-state index contributed by atoms with van der Waals surface area (Å²) in [4.78, 5) is 4.27. The number of hydrogen-bond donors (Lipinski definition) is 1. The van der Waals surface area contributed by atoms with Crippen molar-refractivity contribution in [3.63, 3.8) is 0 Å². The summed E-state index contributed by atoms with van der Waals surface area (Å²) < 4.78 is 27.7. The van der Waals surface area contributed by atoms with Crippen molar-refractivity contribution in [2.24, 2.45) is 0 Å². The molecule has 1 aromatic carbocycles. The Balaban J connectivity index is 2.44. The molecule has 19 heavy (non-hydrogen) atoms. The molecule has 2 aromatic rings. The first-order valence-corrected chi connectivity index (χ1v) is 7.88. The van der Waals surface area contributed by atoms with E-state index in [0.717, 1.165) is 5.56 Å². The number of benzene rings is 1. The van der Waals surface area contributed by atoms with Gasteiger partial charge in [0.2, 0.25) is 0 Å². The standard InChI is InChI=1S/C13H13BrN2O2S/c1-9-5-6-10(2)12(8-9)19(17,18)16-11-4-3-7-15-13(11)14/h3-8,16H,1-2H3. The Morgan fingerprint density at radius 3 is 2.63 bits per heavy atom. The quantitative estimate of drug-likeness (QED) is 0.872. The number of halogens is 1. The fourth-order valence-electron chi connectivity index (χ4n) is 1.66. The number of pyridine rings is 1. The van der Waals surface area contributed by atoms with Gasteiger partial charge in [-0.2, -0.15) is 0 Å². The highest BCUT2D eigenvalue weighted by Crippen LogP contribution is 2.24. The second-order valence-electron chi connectivity index (χ2n) is 4.22. The van der Waals surface area contributed by atoms with Crippen LogP contribution in [0.3, 0.4) is 0 Å². The van der Waals surface area contributed by atoms with Gasteiger partial charge in [0.05, 0.1) is 10.6 Å². The highest BCUT2D eigenvalue weighted by molar-refractivity contribution is 9.10. The third-order valence-corrected chi connectivity index (χ3v) is 4.78. The molecule has 0 aliphatic heterocycles. The Hall–Kier alpha value is -1.40. The van der Waals surface area contributed by atoms with Crippen LogP contribution in [-0.4, -0.2) is 13.4 Å². The van der Waals surface area contributed by atoms with Crippen molar-refractivity contribution < 1.29 is 8.42 Å². The molecule has 0 radical (unpaired) electrons. The monoisotopic (exact) mass is 340 g/mol. The van der Waals surface area contributed by atoms with E-state index in [-0.39, 0.29) is 4.90 Å². The largest absolute Gasteiger partial charge is 0.277 e. The zero-order chi connectivity index (χ0) is 14.0. The second kappa shape index (κ2) is 5.30. The molecule has 2 rings (SSSR count). The molecule has 0 aliphatic rings. The molecule has 1 N–H and O–H groups in total. The predicted octanol–water partition coefficient (Wildman–Crippen LogP) is 3.26. The van der Waals surface area contributed by atoms with Crippen molar-refractivity contribution in [3.05, 3.63) is 52.3 Å². The molecule has 0 aliphatic carbocycles. The summed E-state index contributed by atoms with van der Waals surface area (Å²) in [6.45, 7) is 3.63. The average Bonchev–Trinajstić information content (AvgIpc) is 2.35. The molecule has 0 bridgehead atoms. The fraction of sp³-hybridized carbons (Fsp3) is 0.154. The number of nitrogens with zero attached hydrogens (tertiary/aromatic N) is 1. The number of aryl methyl sites for hydroxylation is 2. The SMILES string of the molecule is Cc1ccc(C)c(S(=O)(=O)Nc2cccnc2Br)c1. The van der Waals surface area contributed by atoms with Crippen LogP contribution in [0.2, 0.25) is 0 Å². The minimum Gasteiger partial charge on any atom is -0.277 e. The highest BCUT2D eigenvalue weighted by Gasteiger charge is 2.18. The number of hydrogen-bond acceptors (Lipinski definition) is 3. The van der Waals surface area contributed by atoms with Gasteiger partial charge in [0.15, 0.2) is 0 Å². The molecule has 1 heterocycles. The topological polar surface area (TPSA) is 59.1 Å². The zero-order valence-electron chi connectivity index (χ0n) is 10.5. The maximum atomic E-state index is 12.4. The van der Waals surface area contributed by atoms with E-state index in [0.29, 0.717) is 15.9 Å². The molecular weight excluding hydrogens is 328 g/mol. The van der Waals surface area contributed by atoms with Crippen molar-refractivity contribution >= 4 is 31.6 Å². The van der Waals surface area contributed by atoms with Crippen molar-refractivity contribution in [1.29, 1.82) is 0 Å². The molecule has 0 amide bonds. The first-order chi connectivity index (χ1) is 8.90. The van der Waals surface area contributed by atoms with Crippen molar-refractivity contribution in [1.82, 2.24) is 4.98 Å². The lowest BCUT2D eigenvalue weighted by Gasteiger charge is -2.11. The minimum atomic E-state index is -3.61. The third-order valence-electron chi connectivity index (χ3n) is 2.64. The summed E-state index contributed by atoms with van der Waals surface area (Å²) in [7, 11) is -3.61. The molecule has 0 saturated heterocycles. The Morgan fingerprint density at radius 1 is 1.21 bits per heavy atom. The number of nitrogens with one attached hydrogen (secondary N) is 1.